The first kappa shape index (κ1) is 13.8. The summed E-state index contributed by atoms with van der Waals surface area (Å²) in [5.74, 6) is 0.757. The fraction of sp³-hybridized carbons (Fsp3) is 0.250. The molecule has 2 aromatic rings. The summed E-state index contributed by atoms with van der Waals surface area (Å²) in [5, 5.41) is 0. The Morgan fingerprint density at radius 2 is 1.71 bits per heavy atom. The number of benzene rings is 2. The SMILES string of the molecule is CC1C=C(CC(=O)CCc2ccccc2)c2ccccc21. The lowest BCUT2D eigenvalue weighted by atomic mass is 9.98. The van der Waals surface area contributed by atoms with Gasteiger partial charge in [-0.25, -0.2) is 0 Å². The Labute approximate surface area is 126 Å². The first-order valence-corrected chi connectivity index (χ1v) is 7.59. The third-order valence-electron chi connectivity index (χ3n) is 4.17. The monoisotopic (exact) mass is 276 g/mol. The Balaban J connectivity index is 1.62. The number of ketones is 1. The lowest BCUT2D eigenvalue weighted by Crippen LogP contribution is -2.01. The van der Waals surface area contributed by atoms with Gasteiger partial charge in [0, 0.05) is 18.8 Å². The molecule has 0 saturated carbocycles. The van der Waals surface area contributed by atoms with E-state index in [9.17, 15) is 4.79 Å². The van der Waals surface area contributed by atoms with Crippen molar-refractivity contribution in [3.05, 3.63) is 77.4 Å². The fourth-order valence-corrected chi connectivity index (χ4v) is 3.05. The summed E-state index contributed by atoms with van der Waals surface area (Å²) in [4.78, 5) is 12.2. The Morgan fingerprint density at radius 3 is 2.52 bits per heavy atom. The van der Waals surface area contributed by atoms with Crippen molar-refractivity contribution in [2.75, 3.05) is 0 Å². The van der Waals surface area contributed by atoms with E-state index in [1.165, 1.54) is 22.3 Å². The van der Waals surface area contributed by atoms with Crippen molar-refractivity contribution in [3.63, 3.8) is 0 Å². The molecule has 21 heavy (non-hydrogen) atoms. The summed E-state index contributed by atoms with van der Waals surface area (Å²) in [6, 6.07) is 18.6. The van der Waals surface area contributed by atoms with Gasteiger partial charge in [-0.05, 0) is 28.7 Å². The third-order valence-corrected chi connectivity index (χ3v) is 4.17. The summed E-state index contributed by atoms with van der Waals surface area (Å²) >= 11 is 0. The van der Waals surface area contributed by atoms with E-state index in [0.717, 1.165) is 6.42 Å². The normalized spacial score (nSPS) is 16.4. The van der Waals surface area contributed by atoms with Crippen LogP contribution in [0, 0.1) is 0 Å². The molecule has 1 aliphatic rings. The van der Waals surface area contributed by atoms with Crippen molar-refractivity contribution < 1.29 is 4.79 Å². The molecule has 1 heteroatoms. The average Bonchev–Trinajstić information content (AvgIpc) is 2.83. The second-order valence-corrected chi connectivity index (χ2v) is 5.77. The van der Waals surface area contributed by atoms with E-state index in [4.69, 9.17) is 0 Å². The predicted octanol–water partition coefficient (Wildman–Crippen LogP) is 4.78. The highest BCUT2D eigenvalue weighted by atomic mass is 16.1. The zero-order chi connectivity index (χ0) is 14.7. The topological polar surface area (TPSA) is 17.1 Å². The van der Waals surface area contributed by atoms with Gasteiger partial charge in [-0.3, -0.25) is 4.79 Å². The standard InChI is InChI=1S/C20H20O/c1-15-13-17(20-10-6-5-9-19(15)20)14-18(21)12-11-16-7-3-2-4-8-16/h2-10,13,15H,11-12,14H2,1H3. The molecule has 1 nitrogen and oxygen atoms in total. The van der Waals surface area contributed by atoms with Crippen LogP contribution >= 0.6 is 0 Å². The zero-order valence-corrected chi connectivity index (χ0v) is 12.4. The Bertz CT molecular complexity index is 667. The first-order chi connectivity index (χ1) is 10.2. The van der Waals surface area contributed by atoms with E-state index in [1.807, 2.05) is 18.2 Å². The van der Waals surface area contributed by atoms with Crippen LogP contribution in [0.25, 0.3) is 5.57 Å². The molecule has 1 atom stereocenters. The highest BCUT2D eigenvalue weighted by Gasteiger charge is 2.20. The highest BCUT2D eigenvalue weighted by molar-refractivity contribution is 5.92. The number of fused-ring (bicyclic) bond motifs is 1. The van der Waals surface area contributed by atoms with Crippen molar-refractivity contribution in [1.29, 1.82) is 0 Å². The molecule has 0 heterocycles. The molecule has 0 aliphatic heterocycles. The number of carbonyl (C=O) groups is 1. The average molecular weight is 276 g/mol. The van der Waals surface area contributed by atoms with E-state index in [1.54, 1.807) is 0 Å². The number of hydrogen-bond acceptors (Lipinski definition) is 1. The van der Waals surface area contributed by atoms with Crippen LogP contribution in [0.2, 0.25) is 0 Å². The fourth-order valence-electron chi connectivity index (χ4n) is 3.05. The summed E-state index contributed by atoms with van der Waals surface area (Å²) in [7, 11) is 0. The molecule has 0 radical (unpaired) electrons. The maximum absolute atomic E-state index is 12.2. The van der Waals surface area contributed by atoms with Gasteiger partial charge in [0.2, 0.25) is 0 Å². The van der Waals surface area contributed by atoms with Gasteiger partial charge in [-0.15, -0.1) is 0 Å². The number of rotatable bonds is 5. The number of aryl methyl sites for hydroxylation is 1. The molecular weight excluding hydrogens is 256 g/mol. The number of Topliss-reactive ketones (excluding diaryl/α,β-unsaturated/α-hetero) is 1. The minimum absolute atomic E-state index is 0.328. The maximum atomic E-state index is 12.2. The van der Waals surface area contributed by atoms with E-state index >= 15 is 0 Å². The summed E-state index contributed by atoms with van der Waals surface area (Å²) in [6.45, 7) is 2.19. The van der Waals surface area contributed by atoms with Gasteiger partial charge in [0.1, 0.15) is 5.78 Å². The summed E-state index contributed by atoms with van der Waals surface area (Å²) in [5.41, 5.74) is 5.05. The number of allylic oxidation sites excluding steroid dienone is 2. The first-order valence-electron chi connectivity index (χ1n) is 7.59. The van der Waals surface area contributed by atoms with Gasteiger partial charge in [-0.1, -0.05) is 67.6 Å². The largest absolute Gasteiger partial charge is 0.299 e. The number of carbonyl (C=O) groups excluding carboxylic acids is 1. The molecule has 1 aliphatic carbocycles. The maximum Gasteiger partial charge on any atom is 0.137 e. The molecule has 2 aromatic carbocycles. The van der Waals surface area contributed by atoms with Gasteiger partial charge in [0.25, 0.3) is 0 Å². The van der Waals surface area contributed by atoms with Crippen LogP contribution in [-0.2, 0) is 11.2 Å². The minimum Gasteiger partial charge on any atom is -0.299 e. The zero-order valence-electron chi connectivity index (χ0n) is 12.4. The Hall–Kier alpha value is -2.15. The molecule has 0 N–H and O–H groups in total. The smallest absolute Gasteiger partial charge is 0.137 e. The van der Waals surface area contributed by atoms with E-state index < -0.39 is 0 Å². The van der Waals surface area contributed by atoms with Gasteiger partial charge in [-0.2, -0.15) is 0 Å². The van der Waals surface area contributed by atoms with Gasteiger partial charge < -0.3 is 0 Å². The van der Waals surface area contributed by atoms with Crippen molar-refractivity contribution in [3.8, 4) is 0 Å². The van der Waals surface area contributed by atoms with Crippen LogP contribution in [0.15, 0.2) is 60.7 Å². The van der Waals surface area contributed by atoms with E-state index in [2.05, 4.69) is 49.4 Å². The molecule has 0 aromatic heterocycles. The Kier molecular flexibility index (Phi) is 4.01. The third kappa shape index (κ3) is 3.13. The molecule has 0 bridgehead atoms. The molecule has 0 fully saturated rings. The van der Waals surface area contributed by atoms with Crippen molar-refractivity contribution >= 4 is 11.4 Å². The van der Waals surface area contributed by atoms with Crippen LogP contribution in [0.4, 0.5) is 0 Å². The molecular formula is C20H20O. The van der Waals surface area contributed by atoms with E-state index in [-0.39, 0.29) is 0 Å². The molecule has 0 spiro atoms. The van der Waals surface area contributed by atoms with Crippen LogP contribution < -0.4 is 0 Å². The molecule has 0 amide bonds. The second kappa shape index (κ2) is 6.09. The summed E-state index contributed by atoms with van der Waals surface area (Å²) in [6.07, 6.45) is 4.27. The predicted molar refractivity (Wildman–Crippen MR) is 87.2 cm³/mol. The lowest BCUT2D eigenvalue weighted by molar-refractivity contribution is -0.118. The van der Waals surface area contributed by atoms with Crippen molar-refractivity contribution in [1.82, 2.24) is 0 Å². The molecule has 106 valence electrons. The van der Waals surface area contributed by atoms with Gasteiger partial charge >= 0.3 is 0 Å². The molecule has 0 saturated heterocycles. The van der Waals surface area contributed by atoms with Crippen LogP contribution in [-0.4, -0.2) is 5.78 Å². The van der Waals surface area contributed by atoms with E-state index in [0.29, 0.717) is 24.5 Å². The van der Waals surface area contributed by atoms with Crippen molar-refractivity contribution in [2.24, 2.45) is 0 Å². The highest BCUT2D eigenvalue weighted by Crippen LogP contribution is 2.37. The lowest BCUT2D eigenvalue weighted by Gasteiger charge is -2.06. The molecule has 1 unspecified atom stereocenters. The minimum atomic E-state index is 0.328. The second-order valence-electron chi connectivity index (χ2n) is 5.77. The quantitative estimate of drug-likeness (QED) is 0.768. The van der Waals surface area contributed by atoms with Gasteiger partial charge in [0.15, 0.2) is 0 Å². The van der Waals surface area contributed by atoms with Crippen LogP contribution in [0.1, 0.15) is 42.4 Å². The molecule has 3 rings (SSSR count). The van der Waals surface area contributed by atoms with Crippen molar-refractivity contribution in [2.45, 2.75) is 32.1 Å². The Morgan fingerprint density at radius 1 is 1.00 bits per heavy atom. The van der Waals surface area contributed by atoms with Crippen LogP contribution in [0.3, 0.4) is 0 Å². The number of hydrogen-bond donors (Lipinski definition) is 0. The summed E-state index contributed by atoms with van der Waals surface area (Å²) < 4.78 is 0. The van der Waals surface area contributed by atoms with Gasteiger partial charge in [0.05, 0.1) is 0 Å². The van der Waals surface area contributed by atoms with Crippen LogP contribution in [0.5, 0.6) is 0 Å².